The Balaban J connectivity index is 2.12. The van der Waals surface area contributed by atoms with Crippen molar-refractivity contribution in [2.45, 2.75) is 38.6 Å². The first-order valence-corrected chi connectivity index (χ1v) is 6.41. The number of likely N-dealkylation sites (tertiary alicyclic amines) is 1. The van der Waals surface area contributed by atoms with Gasteiger partial charge in [0.05, 0.1) is 12.6 Å². The zero-order valence-corrected chi connectivity index (χ0v) is 11.1. The monoisotopic (exact) mass is 252 g/mol. The maximum atomic E-state index is 11.9. The van der Waals surface area contributed by atoms with E-state index in [1.54, 1.807) is 7.05 Å². The molecule has 1 atom stereocenters. The normalized spacial score (nSPS) is 19.8. The lowest BCUT2D eigenvalue weighted by atomic mass is 10.2. The van der Waals surface area contributed by atoms with Crippen LogP contribution < -0.4 is 5.32 Å². The number of hydrogen-bond donors (Lipinski definition) is 1. The number of carbonyl (C=O) groups excluding carboxylic acids is 1. The van der Waals surface area contributed by atoms with Crippen molar-refractivity contribution in [2.24, 2.45) is 0 Å². The number of carbonyl (C=O) groups is 1. The van der Waals surface area contributed by atoms with E-state index in [0.717, 1.165) is 19.4 Å². The molecule has 0 spiro atoms. The van der Waals surface area contributed by atoms with E-state index in [2.05, 4.69) is 15.5 Å². The average molecular weight is 252 g/mol. The van der Waals surface area contributed by atoms with Crippen LogP contribution in [0.3, 0.4) is 0 Å². The number of nitrogens with one attached hydrogen (secondary N) is 1. The molecule has 0 aromatic carbocycles. The van der Waals surface area contributed by atoms with Crippen molar-refractivity contribution in [3.8, 4) is 0 Å². The third-order valence-electron chi connectivity index (χ3n) is 3.15. The zero-order chi connectivity index (χ0) is 13.1. The highest BCUT2D eigenvalue weighted by Gasteiger charge is 2.33. The molecule has 2 rings (SSSR count). The summed E-state index contributed by atoms with van der Waals surface area (Å²) in [6, 6.07) is -0.0258. The summed E-state index contributed by atoms with van der Waals surface area (Å²) in [7, 11) is 1.77. The van der Waals surface area contributed by atoms with E-state index in [-0.39, 0.29) is 17.9 Å². The van der Waals surface area contributed by atoms with Gasteiger partial charge in [-0.05, 0) is 19.9 Å². The number of nitrogens with zero attached hydrogens (tertiary/aromatic N) is 3. The number of rotatable bonds is 4. The number of amides is 1. The molecule has 1 aliphatic rings. The van der Waals surface area contributed by atoms with E-state index >= 15 is 0 Å². The summed E-state index contributed by atoms with van der Waals surface area (Å²) in [5.41, 5.74) is 0. The highest BCUT2D eigenvalue weighted by Crippen LogP contribution is 2.30. The second-order valence-electron chi connectivity index (χ2n) is 4.92. The summed E-state index contributed by atoms with van der Waals surface area (Å²) in [5, 5.41) is 6.90. The van der Waals surface area contributed by atoms with Crippen LogP contribution in [0.1, 0.15) is 50.4 Å². The van der Waals surface area contributed by atoms with Crippen LogP contribution >= 0.6 is 0 Å². The van der Waals surface area contributed by atoms with Gasteiger partial charge in [0.25, 0.3) is 0 Å². The smallest absolute Gasteiger partial charge is 0.237 e. The standard InChI is InChI=1S/C12H20N4O2/c1-8(2)12-14-11(15-18-12)9-5-4-6-16(9)10(17)7-13-3/h8-9,13H,4-7H2,1-3H3. The van der Waals surface area contributed by atoms with Gasteiger partial charge in [0.1, 0.15) is 0 Å². The lowest BCUT2D eigenvalue weighted by molar-refractivity contribution is -0.131. The Morgan fingerprint density at radius 3 is 3.00 bits per heavy atom. The van der Waals surface area contributed by atoms with Crippen molar-refractivity contribution in [2.75, 3.05) is 20.1 Å². The van der Waals surface area contributed by atoms with Gasteiger partial charge in [-0.25, -0.2) is 0 Å². The van der Waals surface area contributed by atoms with Crippen molar-refractivity contribution in [3.63, 3.8) is 0 Å². The number of hydrogen-bond acceptors (Lipinski definition) is 5. The fraction of sp³-hybridized carbons (Fsp3) is 0.750. The Hall–Kier alpha value is -1.43. The molecule has 0 radical (unpaired) electrons. The van der Waals surface area contributed by atoms with Crippen LogP contribution in [0.4, 0.5) is 0 Å². The fourth-order valence-electron chi connectivity index (χ4n) is 2.20. The van der Waals surface area contributed by atoms with Crippen molar-refractivity contribution in [3.05, 3.63) is 11.7 Å². The van der Waals surface area contributed by atoms with Gasteiger partial charge in [-0.15, -0.1) is 0 Å². The zero-order valence-electron chi connectivity index (χ0n) is 11.1. The highest BCUT2D eigenvalue weighted by atomic mass is 16.5. The topological polar surface area (TPSA) is 71.3 Å². The van der Waals surface area contributed by atoms with Gasteiger partial charge in [0, 0.05) is 12.5 Å². The minimum absolute atomic E-state index is 0.0258. The lowest BCUT2D eigenvalue weighted by Gasteiger charge is -2.21. The summed E-state index contributed by atoms with van der Waals surface area (Å²) in [4.78, 5) is 18.2. The van der Waals surface area contributed by atoms with Crippen LogP contribution in [-0.4, -0.2) is 41.1 Å². The maximum absolute atomic E-state index is 11.9. The summed E-state index contributed by atoms with van der Waals surface area (Å²) in [6.07, 6.45) is 1.90. The molecule has 1 amide bonds. The second kappa shape index (κ2) is 5.48. The Bertz CT molecular complexity index is 416. The third kappa shape index (κ3) is 2.53. The first-order chi connectivity index (χ1) is 8.63. The fourth-order valence-corrected chi connectivity index (χ4v) is 2.20. The van der Waals surface area contributed by atoms with Crippen LogP contribution in [0, 0.1) is 0 Å². The van der Waals surface area contributed by atoms with E-state index in [9.17, 15) is 4.79 Å². The summed E-state index contributed by atoms with van der Waals surface area (Å²) >= 11 is 0. The molecular formula is C12H20N4O2. The molecule has 100 valence electrons. The van der Waals surface area contributed by atoms with Crippen molar-refractivity contribution >= 4 is 5.91 Å². The van der Waals surface area contributed by atoms with E-state index < -0.39 is 0 Å². The number of aromatic nitrogens is 2. The molecule has 6 heteroatoms. The molecule has 2 heterocycles. The molecule has 1 unspecified atom stereocenters. The van der Waals surface area contributed by atoms with Crippen LogP contribution in [0.15, 0.2) is 4.52 Å². The van der Waals surface area contributed by atoms with Crippen LogP contribution in [0.5, 0.6) is 0 Å². The Kier molecular flexibility index (Phi) is 3.96. The molecule has 0 bridgehead atoms. The lowest BCUT2D eigenvalue weighted by Crippen LogP contribution is -2.37. The van der Waals surface area contributed by atoms with Gasteiger partial charge < -0.3 is 14.7 Å². The summed E-state index contributed by atoms with van der Waals surface area (Å²) in [6.45, 7) is 5.15. The second-order valence-corrected chi connectivity index (χ2v) is 4.92. The molecule has 1 aromatic heterocycles. The van der Waals surface area contributed by atoms with Gasteiger partial charge in [-0.1, -0.05) is 19.0 Å². The molecule has 1 fully saturated rings. The molecular weight excluding hydrogens is 232 g/mol. The summed E-state index contributed by atoms with van der Waals surface area (Å²) in [5.74, 6) is 1.59. The van der Waals surface area contributed by atoms with Gasteiger partial charge in [-0.3, -0.25) is 4.79 Å². The van der Waals surface area contributed by atoms with Gasteiger partial charge >= 0.3 is 0 Å². The van der Waals surface area contributed by atoms with Crippen LogP contribution in [0.2, 0.25) is 0 Å². The molecule has 1 aliphatic heterocycles. The molecule has 6 nitrogen and oxygen atoms in total. The minimum atomic E-state index is -0.0258. The predicted molar refractivity (Wildman–Crippen MR) is 66.0 cm³/mol. The van der Waals surface area contributed by atoms with Gasteiger partial charge in [0.2, 0.25) is 11.8 Å². The average Bonchev–Trinajstić information content (AvgIpc) is 2.98. The predicted octanol–water partition coefficient (Wildman–Crippen LogP) is 1.08. The SMILES string of the molecule is CNCC(=O)N1CCCC1c1noc(C(C)C)n1. The van der Waals surface area contributed by atoms with Gasteiger partial charge in [0.15, 0.2) is 5.82 Å². The van der Waals surface area contributed by atoms with Crippen LogP contribution in [-0.2, 0) is 4.79 Å². The minimum Gasteiger partial charge on any atom is -0.339 e. The molecule has 0 aliphatic carbocycles. The largest absolute Gasteiger partial charge is 0.339 e. The van der Waals surface area contributed by atoms with E-state index in [1.807, 2.05) is 18.7 Å². The molecule has 18 heavy (non-hydrogen) atoms. The summed E-state index contributed by atoms with van der Waals surface area (Å²) < 4.78 is 5.21. The maximum Gasteiger partial charge on any atom is 0.237 e. The molecule has 1 saturated heterocycles. The highest BCUT2D eigenvalue weighted by molar-refractivity contribution is 5.78. The van der Waals surface area contributed by atoms with Crippen molar-refractivity contribution in [1.82, 2.24) is 20.4 Å². The Morgan fingerprint density at radius 1 is 1.61 bits per heavy atom. The molecule has 0 saturated carbocycles. The molecule has 1 N–H and O–H groups in total. The van der Waals surface area contributed by atoms with E-state index in [4.69, 9.17) is 4.52 Å². The van der Waals surface area contributed by atoms with Crippen LogP contribution in [0.25, 0.3) is 0 Å². The Morgan fingerprint density at radius 2 is 2.39 bits per heavy atom. The molecule has 1 aromatic rings. The van der Waals surface area contributed by atoms with Gasteiger partial charge in [-0.2, -0.15) is 4.98 Å². The van der Waals surface area contributed by atoms with Crippen molar-refractivity contribution < 1.29 is 9.32 Å². The first-order valence-electron chi connectivity index (χ1n) is 6.41. The quantitative estimate of drug-likeness (QED) is 0.868. The Labute approximate surface area is 107 Å². The third-order valence-corrected chi connectivity index (χ3v) is 3.15. The first kappa shape index (κ1) is 13.0. The van der Waals surface area contributed by atoms with E-state index in [1.165, 1.54) is 0 Å². The van der Waals surface area contributed by atoms with Crippen molar-refractivity contribution in [1.29, 1.82) is 0 Å². The number of likely N-dealkylation sites (N-methyl/N-ethyl adjacent to an activating group) is 1. The van der Waals surface area contributed by atoms with E-state index in [0.29, 0.717) is 18.3 Å².